The first kappa shape index (κ1) is 21.9. The molecule has 0 N–H and O–H groups in total. The Morgan fingerprint density at radius 1 is 0.789 bits per heavy atom. The second-order valence-electron chi connectivity index (χ2n) is 6.05. The fourth-order valence-electron chi connectivity index (χ4n) is 3.01. The molecule has 1 rings (SSSR count). The topological polar surface area (TPSA) is 9.23 Å². The third-order valence-electron chi connectivity index (χ3n) is 4.73. The molecule has 3 heteroatoms. The Hall–Kier alpha value is 0.622. The van der Waals surface area contributed by atoms with Gasteiger partial charge >= 0.3 is 0 Å². The predicted molar refractivity (Wildman–Crippen MR) is 90.7 cm³/mol. The Balaban J connectivity index is 0. The van der Waals surface area contributed by atoms with Crippen LogP contribution in [0, 0.1) is 0 Å². The summed E-state index contributed by atoms with van der Waals surface area (Å²) in [5.41, 5.74) is 0. The summed E-state index contributed by atoms with van der Waals surface area (Å²) in [5, 5.41) is 0. The minimum atomic E-state index is 0. The predicted octanol–water partition coefficient (Wildman–Crippen LogP) is 5.30. The molecule has 3 unspecified atom stereocenters. The van der Waals surface area contributed by atoms with Crippen molar-refractivity contribution in [1.29, 1.82) is 0 Å². The molecule has 0 aliphatic carbocycles. The summed E-state index contributed by atoms with van der Waals surface area (Å²) in [6.45, 7) is 17.2. The van der Waals surface area contributed by atoms with Crippen LogP contribution in [0.1, 0.15) is 73.6 Å². The molecule has 1 fully saturated rings. The largest absolute Gasteiger partial charge is 0.381 e. The number of rotatable bonds is 6. The summed E-state index contributed by atoms with van der Waals surface area (Å²) in [5.74, 6) is 2.68. The van der Waals surface area contributed by atoms with Crippen molar-refractivity contribution in [2.75, 3.05) is 13.2 Å². The fraction of sp³-hybridized carbons (Fsp3) is 1.00. The summed E-state index contributed by atoms with van der Waals surface area (Å²) in [6.07, 6.45) is 6.55. The number of ether oxygens (including phenoxy) is 1. The van der Waals surface area contributed by atoms with E-state index in [1.807, 2.05) is 0 Å². The first-order valence-electron chi connectivity index (χ1n) is 8.16. The van der Waals surface area contributed by atoms with Gasteiger partial charge in [-0.15, -0.1) is 0 Å². The summed E-state index contributed by atoms with van der Waals surface area (Å²) < 4.78 is 4.94. The normalized spacial score (nSPS) is 18.6. The second-order valence-corrected chi connectivity index (χ2v) is 6.05. The molecule has 1 saturated heterocycles. The van der Waals surface area contributed by atoms with Crippen molar-refractivity contribution < 1.29 is 4.74 Å². The maximum Gasteiger partial charge on any atom is 0.148 e. The molecule has 0 amide bonds. The third-order valence-corrected chi connectivity index (χ3v) is 4.73. The zero-order chi connectivity index (χ0) is 14.0. The van der Waals surface area contributed by atoms with Gasteiger partial charge in [-0.25, -0.2) is 0 Å². The smallest absolute Gasteiger partial charge is 0.148 e. The quantitative estimate of drug-likeness (QED) is 0.590. The van der Waals surface area contributed by atoms with Crippen molar-refractivity contribution >= 4 is 25.6 Å². The first-order valence-corrected chi connectivity index (χ1v) is 8.16. The van der Waals surface area contributed by atoms with Gasteiger partial charge in [0.15, 0.2) is 0 Å². The van der Waals surface area contributed by atoms with E-state index in [-0.39, 0.29) is 18.9 Å². The zero-order valence-electron chi connectivity index (χ0n) is 14.7. The zero-order valence-corrected chi connectivity index (χ0v) is 14.7. The van der Waals surface area contributed by atoms with Crippen LogP contribution in [0.3, 0.4) is 0 Å². The number of hydrogen-bond donors (Lipinski definition) is 0. The van der Waals surface area contributed by atoms with Crippen LogP contribution in [-0.4, -0.2) is 38.8 Å². The Morgan fingerprint density at radius 2 is 1.11 bits per heavy atom. The van der Waals surface area contributed by atoms with Gasteiger partial charge in [0.25, 0.3) is 0 Å². The van der Waals surface area contributed by atoms with Crippen LogP contribution >= 0.6 is 0 Å². The van der Waals surface area contributed by atoms with Gasteiger partial charge in [0, 0.05) is 32.1 Å². The van der Waals surface area contributed by atoms with E-state index in [2.05, 4.69) is 41.5 Å². The summed E-state index contributed by atoms with van der Waals surface area (Å²) in [7, 11) is 0. The molecule has 0 spiro atoms. The molecule has 0 saturated carbocycles. The van der Waals surface area contributed by atoms with E-state index in [0.29, 0.717) is 0 Å². The van der Waals surface area contributed by atoms with E-state index in [1.165, 1.54) is 32.1 Å². The van der Waals surface area contributed by atoms with E-state index in [4.69, 9.17) is 4.74 Å². The van der Waals surface area contributed by atoms with E-state index in [9.17, 15) is 0 Å². The fourth-order valence-corrected chi connectivity index (χ4v) is 3.01. The molecule has 1 heterocycles. The van der Waals surface area contributed by atoms with Crippen LogP contribution in [0.15, 0.2) is 0 Å². The van der Waals surface area contributed by atoms with Crippen LogP contribution in [0.4, 0.5) is 0 Å². The van der Waals surface area contributed by atoms with Crippen molar-refractivity contribution in [3.63, 3.8) is 0 Å². The van der Waals surface area contributed by atoms with Crippen molar-refractivity contribution in [3.05, 3.63) is 0 Å². The van der Waals surface area contributed by atoms with Gasteiger partial charge in [0.2, 0.25) is 0 Å². The van der Waals surface area contributed by atoms with Gasteiger partial charge in [-0.1, -0.05) is 78.3 Å². The van der Waals surface area contributed by atoms with Crippen molar-refractivity contribution in [3.8, 4) is 0 Å². The molecule has 0 aromatic heterocycles. The molecule has 0 aromatic carbocycles. The first-order chi connectivity index (χ1) is 8.58. The second kappa shape index (κ2) is 13.6. The maximum atomic E-state index is 4.94. The number of hydrogen-bond acceptors (Lipinski definition) is 1. The monoisotopic (exact) mass is 261 g/mol. The van der Waals surface area contributed by atoms with E-state index in [0.717, 1.165) is 37.4 Å². The Labute approximate surface area is 134 Å². The summed E-state index contributed by atoms with van der Waals surface area (Å²) in [6, 6.07) is 0. The van der Waals surface area contributed by atoms with Crippen LogP contribution in [0.2, 0.25) is 17.5 Å². The van der Waals surface area contributed by atoms with Crippen LogP contribution in [-0.2, 0) is 4.74 Å². The van der Waals surface area contributed by atoms with Gasteiger partial charge in [0.05, 0.1) is 0 Å². The SMILES string of the molecule is C1CCOC1.CCC(C)B(C(C)CC)C(C)CC.[Li]. The average molecular weight is 261 g/mol. The molecule has 1 aliphatic rings. The molecule has 1 radical (unpaired) electrons. The Morgan fingerprint density at radius 3 is 1.26 bits per heavy atom. The summed E-state index contributed by atoms with van der Waals surface area (Å²) in [4.78, 5) is 0. The van der Waals surface area contributed by atoms with E-state index in [1.54, 1.807) is 0 Å². The molecule has 0 bridgehead atoms. The minimum absolute atomic E-state index is 0. The molecule has 19 heavy (non-hydrogen) atoms. The standard InChI is InChI=1S/C12H27B.C4H8O.Li/c1-7-10(4)13(11(5)8-2)12(6)9-3;1-2-4-5-3-1;/h10-12H,7-9H2,1-6H3;1-4H2;. The van der Waals surface area contributed by atoms with Crippen LogP contribution < -0.4 is 0 Å². The maximum absolute atomic E-state index is 4.94. The van der Waals surface area contributed by atoms with Crippen LogP contribution in [0.25, 0.3) is 0 Å². The van der Waals surface area contributed by atoms with Crippen molar-refractivity contribution in [1.82, 2.24) is 0 Å². The molecule has 0 aromatic rings. The van der Waals surface area contributed by atoms with E-state index >= 15 is 0 Å². The Kier molecular flexibility index (Phi) is 15.7. The Bertz CT molecular complexity index is 154. The van der Waals surface area contributed by atoms with Gasteiger partial charge in [0.1, 0.15) is 6.71 Å². The van der Waals surface area contributed by atoms with Gasteiger partial charge < -0.3 is 4.74 Å². The molecular weight excluding hydrogens is 226 g/mol. The van der Waals surface area contributed by atoms with Gasteiger partial charge in [-0.3, -0.25) is 0 Å². The van der Waals surface area contributed by atoms with Gasteiger partial charge in [-0.2, -0.15) is 0 Å². The third kappa shape index (κ3) is 9.22. The average Bonchev–Trinajstić information content (AvgIpc) is 2.97. The molecule has 1 aliphatic heterocycles. The van der Waals surface area contributed by atoms with Gasteiger partial charge in [-0.05, 0) is 12.8 Å². The van der Waals surface area contributed by atoms with E-state index < -0.39 is 0 Å². The molecular formula is C16H35BLiO. The molecule has 1 nitrogen and oxygen atoms in total. The summed E-state index contributed by atoms with van der Waals surface area (Å²) >= 11 is 0. The minimum Gasteiger partial charge on any atom is -0.381 e. The molecule has 109 valence electrons. The van der Waals surface area contributed by atoms with Crippen molar-refractivity contribution in [2.24, 2.45) is 0 Å². The van der Waals surface area contributed by atoms with Crippen LogP contribution in [0.5, 0.6) is 0 Å². The molecule has 3 atom stereocenters. The van der Waals surface area contributed by atoms with Crippen molar-refractivity contribution in [2.45, 2.75) is 91.1 Å².